The maximum Gasteiger partial charge on any atom is 0.416 e. The van der Waals surface area contributed by atoms with Crippen molar-refractivity contribution in [2.45, 2.75) is 12.6 Å². The molecule has 1 heterocycles. The Bertz CT molecular complexity index is 594. The van der Waals surface area contributed by atoms with E-state index in [2.05, 4.69) is 5.16 Å². The number of aromatic nitrogens is 1. The Balaban J connectivity index is 2.43. The molecule has 4 nitrogen and oxygen atoms in total. The van der Waals surface area contributed by atoms with Crippen molar-refractivity contribution in [3.05, 3.63) is 35.6 Å². The van der Waals surface area contributed by atoms with Crippen molar-refractivity contribution < 1.29 is 22.4 Å². The lowest BCUT2D eigenvalue weighted by atomic mass is 10.0. The summed E-state index contributed by atoms with van der Waals surface area (Å²) in [4.78, 5) is 0. The molecule has 0 saturated carbocycles. The number of nitrogens with two attached hydrogens (primary N) is 1. The van der Waals surface area contributed by atoms with Gasteiger partial charge in [-0.25, -0.2) is 0 Å². The third-order valence-corrected chi connectivity index (χ3v) is 2.80. The van der Waals surface area contributed by atoms with E-state index in [1.54, 1.807) is 0 Å². The molecular weight excluding hydrogens is 273 g/mol. The molecule has 0 unspecified atom stereocenters. The van der Waals surface area contributed by atoms with Gasteiger partial charge in [-0.2, -0.15) is 13.2 Å². The van der Waals surface area contributed by atoms with Crippen molar-refractivity contribution in [2.75, 3.05) is 19.5 Å². The number of rotatable bonds is 4. The molecule has 7 heteroatoms. The van der Waals surface area contributed by atoms with Gasteiger partial charge in [-0.3, -0.25) is 0 Å². The van der Waals surface area contributed by atoms with Crippen molar-refractivity contribution in [1.82, 2.24) is 5.16 Å². The highest BCUT2D eigenvalue weighted by Gasteiger charge is 2.31. The summed E-state index contributed by atoms with van der Waals surface area (Å²) in [5.74, 6) is 0.471. The summed E-state index contributed by atoms with van der Waals surface area (Å²) in [6, 6.07) is 4.89. The smallest absolute Gasteiger partial charge is 0.384 e. The van der Waals surface area contributed by atoms with Gasteiger partial charge in [0.15, 0.2) is 5.82 Å². The number of nitrogen functional groups attached to an aromatic ring is 1. The Labute approximate surface area is 113 Å². The average molecular weight is 286 g/mol. The van der Waals surface area contributed by atoms with Crippen LogP contribution in [0.3, 0.4) is 0 Å². The first-order valence-corrected chi connectivity index (χ1v) is 5.84. The van der Waals surface area contributed by atoms with Crippen LogP contribution in [0.25, 0.3) is 11.1 Å². The van der Waals surface area contributed by atoms with Crippen LogP contribution in [0.5, 0.6) is 0 Å². The molecule has 0 spiro atoms. The van der Waals surface area contributed by atoms with E-state index in [0.29, 0.717) is 29.9 Å². The maximum absolute atomic E-state index is 12.7. The van der Waals surface area contributed by atoms with Crippen molar-refractivity contribution in [3.8, 4) is 11.1 Å². The fourth-order valence-corrected chi connectivity index (χ4v) is 1.86. The van der Waals surface area contributed by atoms with E-state index in [-0.39, 0.29) is 5.82 Å². The molecular formula is C13H13F3N2O2. The molecule has 0 aliphatic rings. The first kappa shape index (κ1) is 14.4. The van der Waals surface area contributed by atoms with Crippen LogP contribution in [0.15, 0.2) is 28.8 Å². The molecule has 2 N–H and O–H groups in total. The maximum atomic E-state index is 12.7. The molecule has 0 atom stereocenters. The second kappa shape index (κ2) is 5.54. The lowest BCUT2D eigenvalue weighted by molar-refractivity contribution is -0.137. The highest BCUT2D eigenvalue weighted by Crippen LogP contribution is 2.35. The van der Waals surface area contributed by atoms with Gasteiger partial charge >= 0.3 is 6.18 Å². The predicted molar refractivity (Wildman–Crippen MR) is 66.9 cm³/mol. The van der Waals surface area contributed by atoms with E-state index in [1.165, 1.54) is 19.2 Å². The average Bonchev–Trinajstić information content (AvgIpc) is 2.76. The van der Waals surface area contributed by atoms with Crippen molar-refractivity contribution >= 4 is 5.82 Å². The van der Waals surface area contributed by atoms with E-state index in [0.717, 1.165) is 12.1 Å². The Morgan fingerprint density at radius 2 is 2.10 bits per heavy atom. The largest absolute Gasteiger partial charge is 0.416 e. The van der Waals surface area contributed by atoms with E-state index in [1.807, 2.05) is 0 Å². The number of hydrogen-bond acceptors (Lipinski definition) is 4. The Hall–Kier alpha value is -2.02. The van der Waals surface area contributed by atoms with Gasteiger partial charge in [-0.1, -0.05) is 17.3 Å². The van der Waals surface area contributed by atoms with E-state index >= 15 is 0 Å². The predicted octanol–water partition coefficient (Wildman–Crippen LogP) is 3.13. The third-order valence-electron chi connectivity index (χ3n) is 2.80. The molecule has 108 valence electrons. The SMILES string of the molecule is COCCc1onc(N)c1-c1cccc(C(F)(F)F)c1. The number of methoxy groups -OCH3 is 1. The van der Waals surface area contributed by atoms with Crippen LogP contribution in [0.1, 0.15) is 11.3 Å². The van der Waals surface area contributed by atoms with Crippen LogP contribution in [-0.2, 0) is 17.3 Å². The van der Waals surface area contributed by atoms with E-state index in [4.69, 9.17) is 15.0 Å². The summed E-state index contributed by atoms with van der Waals surface area (Å²) in [7, 11) is 1.52. The first-order valence-electron chi connectivity index (χ1n) is 5.84. The van der Waals surface area contributed by atoms with Gasteiger partial charge in [0.25, 0.3) is 0 Å². The molecule has 0 radical (unpaired) electrons. The standard InChI is InChI=1S/C13H13F3N2O2/c1-19-6-5-10-11(12(17)18-20-10)8-3-2-4-9(7-8)13(14,15)16/h2-4,7H,5-6H2,1H3,(H2,17,18). The third kappa shape index (κ3) is 2.93. The summed E-state index contributed by atoms with van der Waals surface area (Å²) in [5.41, 5.74) is 5.64. The second-order valence-electron chi connectivity index (χ2n) is 4.19. The van der Waals surface area contributed by atoms with Crippen LogP contribution in [-0.4, -0.2) is 18.9 Å². The van der Waals surface area contributed by atoms with Gasteiger partial charge in [0.2, 0.25) is 0 Å². The molecule has 1 aromatic carbocycles. The zero-order valence-electron chi connectivity index (χ0n) is 10.7. The highest BCUT2D eigenvalue weighted by atomic mass is 19.4. The molecule has 20 heavy (non-hydrogen) atoms. The Morgan fingerprint density at radius 3 is 2.75 bits per heavy atom. The second-order valence-corrected chi connectivity index (χ2v) is 4.19. The molecule has 2 rings (SSSR count). The van der Waals surface area contributed by atoms with Crippen LogP contribution in [0.4, 0.5) is 19.0 Å². The number of alkyl halides is 3. The zero-order chi connectivity index (χ0) is 14.8. The number of hydrogen-bond donors (Lipinski definition) is 1. The zero-order valence-corrected chi connectivity index (χ0v) is 10.7. The summed E-state index contributed by atoms with van der Waals surface area (Å²) < 4.78 is 48.1. The minimum atomic E-state index is -4.41. The van der Waals surface area contributed by atoms with Gasteiger partial charge in [0.05, 0.1) is 17.7 Å². The number of ether oxygens (including phenoxy) is 1. The topological polar surface area (TPSA) is 61.3 Å². The first-order chi connectivity index (χ1) is 9.43. The molecule has 2 aromatic rings. The van der Waals surface area contributed by atoms with Gasteiger partial charge in [-0.05, 0) is 17.7 Å². The fourth-order valence-electron chi connectivity index (χ4n) is 1.86. The van der Waals surface area contributed by atoms with Gasteiger partial charge in [0.1, 0.15) is 5.76 Å². The molecule has 0 fully saturated rings. The Kier molecular flexibility index (Phi) is 3.99. The molecule has 0 aliphatic heterocycles. The molecule has 0 bridgehead atoms. The minimum absolute atomic E-state index is 0.0652. The number of nitrogens with zero attached hydrogens (tertiary/aromatic N) is 1. The summed E-state index contributed by atoms with van der Waals surface area (Å²) in [6.07, 6.45) is -4.03. The summed E-state index contributed by atoms with van der Waals surface area (Å²) in [5, 5.41) is 3.60. The summed E-state index contributed by atoms with van der Waals surface area (Å²) in [6.45, 7) is 0.362. The fraction of sp³-hybridized carbons (Fsp3) is 0.308. The van der Waals surface area contributed by atoms with Crippen molar-refractivity contribution in [2.24, 2.45) is 0 Å². The normalized spacial score (nSPS) is 11.8. The van der Waals surface area contributed by atoms with Gasteiger partial charge < -0.3 is 15.0 Å². The lowest BCUT2D eigenvalue weighted by Gasteiger charge is -2.08. The van der Waals surface area contributed by atoms with E-state index < -0.39 is 11.7 Å². The molecule has 0 amide bonds. The van der Waals surface area contributed by atoms with Gasteiger partial charge in [0, 0.05) is 13.5 Å². The van der Waals surface area contributed by atoms with Crippen LogP contribution in [0, 0.1) is 0 Å². The quantitative estimate of drug-likeness (QED) is 0.938. The molecule has 0 saturated heterocycles. The number of benzene rings is 1. The van der Waals surface area contributed by atoms with Crippen LogP contribution in [0.2, 0.25) is 0 Å². The van der Waals surface area contributed by atoms with Crippen LogP contribution < -0.4 is 5.73 Å². The summed E-state index contributed by atoms with van der Waals surface area (Å²) >= 11 is 0. The lowest BCUT2D eigenvalue weighted by Crippen LogP contribution is -2.05. The van der Waals surface area contributed by atoms with Crippen molar-refractivity contribution in [3.63, 3.8) is 0 Å². The van der Waals surface area contributed by atoms with Crippen molar-refractivity contribution in [1.29, 1.82) is 0 Å². The van der Waals surface area contributed by atoms with E-state index in [9.17, 15) is 13.2 Å². The minimum Gasteiger partial charge on any atom is -0.384 e. The van der Waals surface area contributed by atoms with Gasteiger partial charge in [-0.15, -0.1) is 0 Å². The molecule has 0 aliphatic carbocycles. The monoisotopic (exact) mass is 286 g/mol. The molecule has 1 aromatic heterocycles. The highest BCUT2D eigenvalue weighted by molar-refractivity contribution is 5.76. The Morgan fingerprint density at radius 1 is 1.35 bits per heavy atom. The number of halogens is 3. The number of anilines is 1. The van der Waals surface area contributed by atoms with Crippen LogP contribution >= 0.6 is 0 Å².